The van der Waals surface area contributed by atoms with Gasteiger partial charge in [0, 0.05) is 40.7 Å². The molecule has 4 N–H and O–H groups in total. The van der Waals surface area contributed by atoms with Crippen LogP contribution in [0.25, 0.3) is 33.2 Å². The van der Waals surface area contributed by atoms with E-state index in [9.17, 15) is 18.0 Å². The van der Waals surface area contributed by atoms with Crippen LogP contribution in [0.4, 0.5) is 30.4 Å². The Morgan fingerprint density at radius 3 is 2.51 bits per heavy atom. The SMILES string of the molecule is CCCC(=O)Nc1cccc(-c2nc(Nc3ccc4[nH]ncc4c3)c3cc(OCCN(C)C)ccc3n2)c1.O=C(O)C(F)(F)F. The Kier molecular flexibility index (Phi) is 10.5. The van der Waals surface area contributed by atoms with Crippen LogP contribution in [-0.4, -0.2) is 75.5 Å². The number of halogens is 3. The molecule has 0 radical (unpaired) electrons. The standard InChI is InChI=1S/C29H31N7O2.C2HF3O2/c1-4-6-27(37)31-21-8-5-7-19(15-21)28-33-26-12-10-23(38-14-13-36(2)3)17-24(26)29(34-28)32-22-9-11-25-20(16-22)18-30-35-25;3-2(4,5)1(6)7/h5,7-12,15-18H,4,6,13-14H2,1-3H3,(H,30,35)(H,31,37)(H,32,33,34);(H,6,7). The zero-order valence-corrected chi connectivity index (χ0v) is 24.8. The zero-order chi connectivity index (χ0) is 32.6. The van der Waals surface area contributed by atoms with Crippen LogP contribution in [0.15, 0.2) is 66.9 Å². The summed E-state index contributed by atoms with van der Waals surface area (Å²) in [6, 6.07) is 19.4. The maximum absolute atomic E-state index is 12.1. The zero-order valence-electron chi connectivity index (χ0n) is 24.8. The first-order valence-electron chi connectivity index (χ1n) is 13.9. The third-order valence-electron chi connectivity index (χ3n) is 6.30. The lowest BCUT2D eigenvalue weighted by molar-refractivity contribution is -0.192. The second-order valence-corrected chi connectivity index (χ2v) is 10.2. The average Bonchev–Trinajstić information content (AvgIpc) is 3.45. The van der Waals surface area contributed by atoms with Crippen LogP contribution in [0.2, 0.25) is 0 Å². The number of ether oxygens (including phenoxy) is 1. The lowest BCUT2D eigenvalue weighted by atomic mass is 10.1. The van der Waals surface area contributed by atoms with Gasteiger partial charge in [-0.15, -0.1) is 0 Å². The molecule has 45 heavy (non-hydrogen) atoms. The second kappa shape index (κ2) is 14.5. The fourth-order valence-electron chi connectivity index (χ4n) is 4.11. The van der Waals surface area contributed by atoms with Gasteiger partial charge >= 0.3 is 12.1 Å². The highest BCUT2D eigenvalue weighted by Crippen LogP contribution is 2.31. The van der Waals surface area contributed by atoms with Gasteiger partial charge in [0.25, 0.3) is 0 Å². The van der Waals surface area contributed by atoms with Gasteiger partial charge in [0.1, 0.15) is 18.2 Å². The monoisotopic (exact) mass is 623 g/mol. The molecule has 0 aliphatic rings. The van der Waals surface area contributed by atoms with Crippen molar-refractivity contribution in [1.29, 1.82) is 0 Å². The van der Waals surface area contributed by atoms with E-state index < -0.39 is 12.1 Å². The summed E-state index contributed by atoms with van der Waals surface area (Å²) in [5, 5.41) is 22.5. The number of carboxylic acids is 1. The van der Waals surface area contributed by atoms with Crippen molar-refractivity contribution in [2.75, 3.05) is 37.9 Å². The van der Waals surface area contributed by atoms with Crippen LogP contribution in [0, 0.1) is 0 Å². The Bertz CT molecular complexity index is 1790. The first-order chi connectivity index (χ1) is 21.4. The number of benzene rings is 3. The Morgan fingerprint density at radius 2 is 1.80 bits per heavy atom. The molecule has 0 aliphatic carbocycles. The number of likely N-dealkylation sites (N-methyl/N-ethyl adjacent to an activating group) is 1. The number of rotatable bonds is 10. The fourth-order valence-corrected chi connectivity index (χ4v) is 4.11. The molecule has 0 aliphatic heterocycles. The molecular formula is C31H32F3N7O4. The molecule has 0 atom stereocenters. The molecule has 0 bridgehead atoms. The van der Waals surface area contributed by atoms with Gasteiger partial charge in [-0.05, 0) is 69.0 Å². The summed E-state index contributed by atoms with van der Waals surface area (Å²) in [6.45, 7) is 3.37. The summed E-state index contributed by atoms with van der Waals surface area (Å²) in [5.41, 5.74) is 4.14. The van der Waals surface area contributed by atoms with Gasteiger partial charge in [-0.2, -0.15) is 18.3 Å². The smallest absolute Gasteiger partial charge is 0.490 e. The highest BCUT2D eigenvalue weighted by atomic mass is 19.4. The van der Waals surface area contributed by atoms with E-state index in [0.29, 0.717) is 30.4 Å². The van der Waals surface area contributed by atoms with Gasteiger partial charge in [0.2, 0.25) is 5.91 Å². The number of carboxylic acid groups (broad SMARTS) is 1. The first kappa shape index (κ1) is 32.7. The predicted octanol–water partition coefficient (Wildman–Crippen LogP) is 6.23. The van der Waals surface area contributed by atoms with Crippen LogP contribution in [0.5, 0.6) is 5.75 Å². The van der Waals surface area contributed by atoms with Crippen molar-refractivity contribution in [3.63, 3.8) is 0 Å². The summed E-state index contributed by atoms with van der Waals surface area (Å²) in [6.07, 6.45) is -2.02. The number of aromatic nitrogens is 4. The largest absolute Gasteiger partial charge is 0.492 e. The molecule has 3 aromatic carbocycles. The van der Waals surface area contributed by atoms with Gasteiger partial charge in [-0.3, -0.25) is 9.89 Å². The van der Waals surface area contributed by atoms with Crippen molar-refractivity contribution in [2.24, 2.45) is 0 Å². The second-order valence-electron chi connectivity index (χ2n) is 10.2. The van der Waals surface area contributed by atoms with E-state index in [1.165, 1.54) is 0 Å². The van der Waals surface area contributed by atoms with Crippen LogP contribution >= 0.6 is 0 Å². The number of aliphatic carboxylic acids is 1. The molecule has 11 nitrogen and oxygen atoms in total. The van der Waals surface area contributed by atoms with Gasteiger partial charge in [-0.1, -0.05) is 19.1 Å². The normalized spacial score (nSPS) is 11.3. The molecular weight excluding hydrogens is 591 g/mol. The van der Waals surface area contributed by atoms with Crippen LogP contribution < -0.4 is 15.4 Å². The quantitative estimate of drug-likeness (QED) is 0.142. The lowest BCUT2D eigenvalue weighted by Gasteiger charge is -2.14. The maximum atomic E-state index is 12.1. The van der Waals surface area contributed by atoms with Crippen molar-refractivity contribution >= 4 is 50.9 Å². The molecule has 0 spiro atoms. The van der Waals surface area contributed by atoms with Crippen molar-refractivity contribution in [3.05, 3.63) is 66.9 Å². The van der Waals surface area contributed by atoms with Crippen LogP contribution in [-0.2, 0) is 9.59 Å². The van der Waals surface area contributed by atoms with Crippen molar-refractivity contribution in [3.8, 4) is 17.1 Å². The first-order valence-corrected chi connectivity index (χ1v) is 13.9. The van der Waals surface area contributed by atoms with E-state index in [0.717, 1.165) is 51.8 Å². The molecule has 236 valence electrons. The van der Waals surface area contributed by atoms with E-state index in [1.807, 2.05) is 81.7 Å². The molecule has 2 aromatic heterocycles. The summed E-state index contributed by atoms with van der Waals surface area (Å²) >= 11 is 0. The van der Waals surface area contributed by atoms with Crippen LogP contribution in [0.3, 0.4) is 0 Å². The van der Waals surface area contributed by atoms with Gasteiger partial charge < -0.3 is 25.4 Å². The molecule has 1 amide bonds. The highest BCUT2D eigenvalue weighted by molar-refractivity contribution is 5.95. The molecule has 0 unspecified atom stereocenters. The molecule has 0 saturated heterocycles. The number of alkyl halides is 3. The predicted molar refractivity (Wildman–Crippen MR) is 166 cm³/mol. The minimum Gasteiger partial charge on any atom is -0.492 e. The Hall–Kier alpha value is -5.24. The third kappa shape index (κ3) is 9.13. The van der Waals surface area contributed by atoms with E-state index in [1.54, 1.807) is 6.20 Å². The van der Waals surface area contributed by atoms with Crippen LogP contribution in [0.1, 0.15) is 19.8 Å². The summed E-state index contributed by atoms with van der Waals surface area (Å²) < 4.78 is 37.7. The Labute approximate surface area is 256 Å². The van der Waals surface area contributed by atoms with Gasteiger partial charge in [-0.25, -0.2) is 14.8 Å². The molecule has 14 heteroatoms. The Morgan fingerprint density at radius 1 is 1.02 bits per heavy atom. The fraction of sp³-hybridized carbons (Fsp3) is 0.258. The minimum atomic E-state index is -5.08. The summed E-state index contributed by atoms with van der Waals surface area (Å²) in [4.78, 5) is 32.9. The summed E-state index contributed by atoms with van der Waals surface area (Å²) in [7, 11) is 4.03. The lowest BCUT2D eigenvalue weighted by Crippen LogP contribution is -2.21. The topological polar surface area (TPSA) is 145 Å². The number of H-pyrrole nitrogens is 1. The van der Waals surface area contributed by atoms with E-state index in [-0.39, 0.29) is 5.91 Å². The van der Waals surface area contributed by atoms with E-state index in [4.69, 9.17) is 24.6 Å². The summed E-state index contributed by atoms with van der Waals surface area (Å²) in [5.74, 6) is -0.802. The maximum Gasteiger partial charge on any atom is 0.490 e. The van der Waals surface area contributed by atoms with E-state index in [2.05, 4.69) is 25.7 Å². The number of aromatic amines is 1. The number of nitrogens with one attached hydrogen (secondary N) is 3. The third-order valence-corrected chi connectivity index (χ3v) is 6.30. The molecule has 0 fully saturated rings. The number of carbonyl (C=O) groups is 2. The van der Waals surface area contributed by atoms with Gasteiger partial charge in [0.05, 0.1) is 17.2 Å². The van der Waals surface area contributed by atoms with Crippen molar-refractivity contribution in [1.82, 2.24) is 25.1 Å². The molecule has 2 heterocycles. The van der Waals surface area contributed by atoms with Gasteiger partial charge in [0.15, 0.2) is 5.82 Å². The minimum absolute atomic E-state index is 0.0112. The number of carbonyl (C=O) groups excluding carboxylic acids is 1. The highest BCUT2D eigenvalue weighted by Gasteiger charge is 2.38. The number of hydrogen-bond donors (Lipinski definition) is 4. The number of anilines is 3. The molecule has 0 saturated carbocycles. The molecule has 5 rings (SSSR count). The number of hydrogen-bond acceptors (Lipinski definition) is 8. The molecule has 5 aromatic rings. The average molecular weight is 624 g/mol. The Balaban J connectivity index is 0.000000591. The number of amides is 1. The van der Waals surface area contributed by atoms with Crippen molar-refractivity contribution in [2.45, 2.75) is 25.9 Å². The number of fused-ring (bicyclic) bond motifs is 2. The van der Waals surface area contributed by atoms with Crippen molar-refractivity contribution < 1.29 is 32.6 Å². The van der Waals surface area contributed by atoms with E-state index >= 15 is 0 Å². The number of nitrogens with zero attached hydrogens (tertiary/aromatic N) is 4.